The van der Waals surface area contributed by atoms with Gasteiger partial charge in [-0.1, -0.05) is 12.1 Å². The van der Waals surface area contributed by atoms with E-state index in [-0.39, 0.29) is 18.4 Å². The Morgan fingerprint density at radius 1 is 1.43 bits per heavy atom. The maximum atomic E-state index is 6.07. The minimum atomic E-state index is 0. The third-order valence-corrected chi connectivity index (χ3v) is 2.61. The molecule has 0 saturated heterocycles. The van der Waals surface area contributed by atoms with E-state index in [1.54, 1.807) is 7.11 Å². The van der Waals surface area contributed by atoms with Crippen molar-refractivity contribution in [3.8, 4) is 5.75 Å². The number of benzene rings is 1. The first-order chi connectivity index (χ1) is 6.31. The zero-order valence-corrected chi connectivity index (χ0v) is 9.09. The Balaban J connectivity index is 0.000000980. The Labute approximate surface area is 90.9 Å². The number of halogens is 1. The molecule has 1 saturated carbocycles. The third kappa shape index (κ3) is 2.40. The van der Waals surface area contributed by atoms with Gasteiger partial charge in [0.1, 0.15) is 5.75 Å². The van der Waals surface area contributed by atoms with Crippen molar-refractivity contribution in [3.63, 3.8) is 0 Å². The molecule has 0 bridgehead atoms. The molecule has 78 valence electrons. The highest BCUT2D eigenvalue weighted by Gasteiger charge is 2.29. The summed E-state index contributed by atoms with van der Waals surface area (Å²) in [4.78, 5) is 0. The van der Waals surface area contributed by atoms with Crippen LogP contribution < -0.4 is 10.5 Å². The van der Waals surface area contributed by atoms with Crippen molar-refractivity contribution >= 4 is 12.4 Å². The molecule has 0 spiro atoms. The van der Waals surface area contributed by atoms with E-state index in [1.165, 1.54) is 18.4 Å². The van der Waals surface area contributed by atoms with Gasteiger partial charge >= 0.3 is 0 Å². The molecule has 0 radical (unpaired) electrons. The van der Waals surface area contributed by atoms with Gasteiger partial charge in [0.15, 0.2) is 0 Å². The normalized spacial score (nSPS) is 17.0. The van der Waals surface area contributed by atoms with E-state index in [1.807, 2.05) is 18.2 Å². The van der Waals surface area contributed by atoms with Crippen LogP contribution in [-0.4, -0.2) is 7.11 Å². The Hall–Kier alpha value is -0.730. The Kier molecular flexibility index (Phi) is 3.78. The number of nitrogens with two attached hydrogens (primary N) is 1. The Morgan fingerprint density at radius 3 is 2.71 bits per heavy atom. The summed E-state index contributed by atoms with van der Waals surface area (Å²) in [6, 6.07) is 8.25. The van der Waals surface area contributed by atoms with Gasteiger partial charge in [-0.3, -0.25) is 0 Å². The second-order valence-electron chi connectivity index (χ2n) is 3.64. The average Bonchev–Trinajstić information content (AvgIpc) is 3.00. The van der Waals surface area contributed by atoms with Gasteiger partial charge in [-0.05, 0) is 36.5 Å². The molecule has 1 aliphatic carbocycles. The molecule has 0 aromatic heterocycles. The lowest BCUT2D eigenvalue weighted by atomic mass is 10.0. The van der Waals surface area contributed by atoms with Gasteiger partial charge in [-0.15, -0.1) is 12.4 Å². The summed E-state index contributed by atoms with van der Waals surface area (Å²) in [5, 5.41) is 0. The summed E-state index contributed by atoms with van der Waals surface area (Å²) < 4.78 is 5.15. The highest BCUT2D eigenvalue weighted by molar-refractivity contribution is 5.85. The molecule has 0 unspecified atom stereocenters. The van der Waals surface area contributed by atoms with Crippen LogP contribution in [0.3, 0.4) is 0 Å². The molecule has 1 aromatic carbocycles. The summed E-state index contributed by atoms with van der Waals surface area (Å²) in [7, 11) is 1.68. The zero-order valence-electron chi connectivity index (χ0n) is 8.27. The van der Waals surface area contributed by atoms with Crippen molar-refractivity contribution in [1.82, 2.24) is 0 Å². The summed E-state index contributed by atoms with van der Waals surface area (Å²) in [5.74, 6) is 1.60. The van der Waals surface area contributed by atoms with Crippen molar-refractivity contribution in [2.75, 3.05) is 7.11 Å². The molecule has 2 nitrogen and oxygen atoms in total. The number of hydrogen-bond donors (Lipinski definition) is 1. The van der Waals surface area contributed by atoms with E-state index >= 15 is 0 Å². The van der Waals surface area contributed by atoms with Gasteiger partial charge in [0.2, 0.25) is 0 Å². The van der Waals surface area contributed by atoms with Crippen molar-refractivity contribution in [3.05, 3.63) is 29.8 Å². The molecule has 0 aliphatic heterocycles. The fraction of sp³-hybridized carbons (Fsp3) is 0.455. The second kappa shape index (κ2) is 4.67. The van der Waals surface area contributed by atoms with E-state index in [4.69, 9.17) is 10.5 Å². The molecular weight excluding hydrogens is 198 g/mol. The molecule has 1 fully saturated rings. The predicted molar refractivity (Wildman–Crippen MR) is 59.9 cm³/mol. The van der Waals surface area contributed by atoms with Gasteiger partial charge in [0.05, 0.1) is 7.11 Å². The topological polar surface area (TPSA) is 35.2 Å². The first-order valence-electron chi connectivity index (χ1n) is 4.71. The van der Waals surface area contributed by atoms with Crippen LogP contribution in [0.2, 0.25) is 0 Å². The van der Waals surface area contributed by atoms with Gasteiger partial charge < -0.3 is 10.5 Å². The lowest BCUT2D eigenvalue weighted by molar-refractivity contribution is 0.413. The van der Waals surface area contributed by atoms with E-state index in [2.05, 4.69) is 6.07 Å². The summed E-state index contributed by atoms with van der Waals surface area (Å²) >= 11 is 0. The average molecular weight is 214 g/mol. The van der Waals surface area contributed by atoms with Gasteiger partial charge in [-0.25, -0.2) is 0 Å². The number of methoxy groups -OCH3 is 1. The summed E-state index contributed by atoms with van der Waals surface area (Å²) in [5.41, 5.74) is 7.26. The van der Waals surface area contributed by atoms with Crippen LogP contribution in [0.1, 0.15) is 24.4 Å². The smallest absolute Gasteiger partial charge is 0.119 e. The maximum Gasteiger partial charge on any atom is 0.119 e. The molecule has 3 heteroatoms. The molecule has 1 aliphatic rings. The first kappa shape index (κ1) is 11.3. The minimum Gasteiger partial charge on any atom is -0.497 e. The fourth-order valence-electron chi connectivity index (χ4n) is 1.58. The van der Waals surface area contributed by atoms with Crippen LogP contribution in [0.25, 0.3) is 0 Å². The molecule has 1 atom stereocenters. The minimum absolute atomic E-state index is 0. The number of rotatable bonds is 3. The zero-order chi connectivity index (χ0) is 9.26. The Bertz CT molecular complexity index is 299. The molecule has 0 heterocycles. The third-order valence-electron chi connectivity index (χ3n) is 2.61. The summed E-state index contributed by atoms with van der Waals surface area (Å²) in [6.45, 7) is 0. The van der Waals surface area contributed by atoms with Crippen LogP contribution in [0.15, 0.2) is 24.3 Å². The van der Waals surface area contributed by atoms with Crippen molar-refractivity contribution in [1.29, 1.82) is 0 Å². The maximum absolute atomic E-state index is 6.07. The van der Waals surface area contributed by atoms with E-state index in [0.29, 0.717) is 5.92 Å². The van der Waals surface area contributed by atoms with Crippen molar-refractivity contribution < 1.29 is 4.74 Å². The lowest BCUT2D eigenvalue weighted by Gasteiger charge is -2.11. The van der Waals surface area contributed by atoms with Crippen LogP contribution in [0.4, 0.5) is 0 Å². The fourth-order valence-corrected chi connectivity index (χ4v) is 1.58. The number of hydrogen-bond acceptors (Lipinski definition) is 2. The standard InChI is InChI=1S/C11H15NO.ClH/c1-13-10-4-2-3-9(7-10)11(12)8-5-6-8;/h2-4,7-8,11H,5-6,12H2,1H3;1H/t11-;/m0./s1. The molecule has 14 heavy (non-hydrogen) atoms. The second-order valence-corrected chi connectivity index (χ2v) is 3.64. The van der Waals surface area contributed by atoms with Gasteiger partial charge in [0.25, 0.3) is 0 Å². The molecule has 0 amide bonds. The van der Waals surface area contributed by atoms with Crippen LogP contribution >= 0.6 is 12.4 Å². The van der Waals surface area contributed by atoms with Crippen LogP contribution in [-0.2, 0) is 0 Å². The molecular formula is C11H16ClNO. The highest BCUT2D eigenvalue weighted by atomic mass is 35.5. The quantitative estimate of drug-likeness (QED) is 0.838. The highest BCUT2D eigenvalue weighted by Crippen LogP contribution is 2.39. The van der Waals surface area contributed by atoms with Crippen LogP contribution in [0, 0.1) is 5.92 Å². The summed E-state index contributed by atoms with van der Waals surface area (Å²) in [6.07, 6.45) is 2.55. The van der Waals surface area contributed by atoms with Crippen molar-refractivity contribution in [2.45, 2.75) is 18.9 Å². The van der Waals surface area contributed by atoms with Crippen molar-refractivity contribution in [2.24, 2.45) is 11.7 Å². The molecule has 2 N–H and O–H groups in total. The molecule has 1 aromatic rings. The lowest BCUT2D eigenvalue weighted by Crippen LogP contribution is -2.12. The Morgan fingerprint density at radius 2 is 2.14 bits per heavy atom. The first-order valence-corrected chi connectivity index (χ1v) is 4.71. The van der Waals surface area contributed by atoms with Crippen LogP contribution in [0.5, 0.6) is 5.75 Å². The SMILES string of the molecule is COc1cccc([C@@H](N)C2CC2)c1.Cl. The van der Waals surface area contributed by atoms with E-state index in [0.717, 1.165) is 5.75 Å². The van der Waals surface area contributed by atoms with E-state index in [9.17, 15) is 0 Å². The largest absolute Gasteiger partial charge is 0.497 e. The van der Waals surface area contributed by atoms with Gasteiger partial charge in [0, 0.05) is 6.04 Å². The monoisotopic (exact) mass is 213 g/mol. The van der Waals surface area contributed by atoms with Gasteiger partial charge in [-0.2, -0.15) is 0 Å². The van der Waals surface area contributed by atoms with E-state index < -0.39 is 0 Å². The molecule has 2 rings (SSSR count). The predicted octanol–water partition coefficient (Wildman–Crippen LogP) is 2.53. The number of ether oxygens (including phenoxy) is 1.